The summed E-state index contributed by atoms with van der Waals surface area (Å²) >= 11 is 0. The molecule has 2 heteroatoms. The second kappa shape index (κ2) is 8.72. The van der Waals surface area contributed by atoms with Crippen LogP contribution in [0.1, 0.15) is 11.1 Å². The zero-order valence-corrected chi connectivity index (χ0v) is 22.6. The van der Waals surface area contributed by atoms with Crippen LogP contribution in [-0.4, -0.2) is 9.13 Å². The number of benzene rings is 6. The highest BCUT2D eigenvalue weighted by Crippen LogP contribution is 2.38. The minimum Gasteiger partial charge on any atom is -0.309 e. The lowest BCUT2D eigenvalue weighted by Gasteiger charge is -2.11. The SMILES string of the molecule is Cc1cccc(-n2c3ccccc3c3ccc(-c4ccc5c6cc(C)ccc6n(-c6ccccc6)c5c4)cc32)c1. The molecule has 0 saturated carbocycles. The van der Waals surface area contributed by atoms with E-state index < -0.39 is 0 Å². The summed E-state index contributed by atoms with van der Waals surface area (Å²) < 4.78 is 4.80. The smallest absolute Gasteiger partial charge is 0.0547 e. The number of para-hydroxylation sites is 2. The first-order chi connectivity index (χ1) is 19.7. The van der Waals surface area contributed by atoms with Crippen LogP contribution in [0.2, 0.25) is 0 Å². The molecule has 0 amide bonds. The third-order valence-corrected chi connectivity index (χ3v) is 8.20. The Labute approximate surface area is 233 Å². The van der Waals surface area contributed by atoms with E-state index in [1.807, 2.05) is 0 Å². The van der Waals surface area contributed by atoms with Crippen molar-refractivity contribution in [3.05, 3.63) is 145 Å². The van der Waals surface area contributed by atoms with Crippen LogP contribution in [-0.2, 0) is 0 Å². The molecule has 0 saturated heterocycles. The van der Waals surface area contributed by atoms with Crippen LogP contribution < -0.4 is 0 Å². The summed E-state index contributed by atoms with van der Waals surface area (Å²) in [6.07, 6.45) is 0. The van der Waals surface area contributed by atoms with Crippen LogP contribution >= 0.6 is 0 Å². The minimum atomic E-state index is 1.18. The van der Waals surface area contributed by atoms with Crippen molar-refractivity contribution in [2.24, 2.45) is 0 Å². The molecule has 190 valence electrons. The average Bonchev–Trinajstić information content (AvgIpc) is 3.49. The number of aromatic nitrogens is 2. The molecule has 8 aromatic rings. The fraction of sp³-hybridized carbons (Fsp3) is 0.0526. The van der Waals surface area contributed by atoms with Crippen molar-refractivity contribution in [2.75, 3.05) is 0 Å². The number of fused-ring (bicyclic) bond motifs is 6. The van der Waals surface area contributed by atoms with Crippen LogP contribution in [0.5, 0.6) is 0 Å². The normalized spacial score (nSPS) is 11.8. The fourth-order valence-electron chi connectivity index (χ4n) is 6.36. The molecule has 0 radical (unpaired) electrons. The van der Waals surface area contributed by atoms with E-state index in [9.17, 15) is 0 Å². The summed E-state index contributed by atoms with van der Waals surface area (Å²) in [4.78, 5) is 0. The van der Waals surface area contributed by atoms with Crippen LogP contribution in [0, 0.1) is 13.8 Å². The van der Waals surface area contributed by atoms with Gasteiger partial charge in [-0.15, -0.1) is 0 Å². The largest absolute Gasteiger partial charge is 0.309 e. The molecule has 2 aromatic heterocycles. The average molecular weight is 513 g/mol. The van der Waals surface area contributed by atoms with Gasteiger partial charge < -0.3 is 9.13 Å². The highest BCUT2D eigenvalue weighted by Gasteiger charge is 2.16. The van der Waals surface area contributed by atoms with E-state index in [0.717, 1.165) is 0 Å². The molecule has 0 aliphatic rings. The van der Waals surface area contributed by atoms with Crippen molar-refractivity contribution in [3.63, 3.8) is 0 Å². The van der Waals surface area contributed by atoms with Gasteiger partial charge in [0.1, 0.15) is 0 Å². The maximum Gasteiger partial charge on any atom is 0.0547 e. The Morgan fingerprint density at radius 1 is 0.350 bits per heavy atom. The first-order valence-electron chi connectivity index (χ1n) is 13.9. The topological polar surface area (TPSA) is 9.86 Å². The van der Waals surface area contributed by atoms with E-state index in [1.165, 1.54) is 77.2 Å². The Morgan fingerprint density at radius 2 is 0.925 bits per heavy atom. The molecule has 2 nitrogen and oxygen atoms in total. The molecule has 0 aliphatic carbocycles. The lowest BCUT2D eigenvalue weighted by molar-refractivity contribution is 1.17. The molecule has 0 atom stereocenters. The molecule has 0 spiro atoms. The summed E-state index contributed by atoms with van der Waals surface area (Å²) in [5, 5.41) is 5.12. The van der Waals surface area contributed by atoms with Crippen molar-refractivity contribution in [1.82, 2.24) is 9.13 Å². The third kappa shape index (κ3) is 3.43. The number of rotatable bonds is 3. The Bertz CT molecular complexity index is 2230. The molecule has 0 bridgehead atoms. The van der Waals surface area contributed by atoms with Gasteiger partial charge in [-0.3, -0.25) is 0 Å². The first kappa shape index (κ1) is 22.9. The van der Waals surface area contributed by atoms with E-state index >= 15 is 0 Å². The first-order valence-corrected chi connectivity index (χ1v) is 13.9. The van der Waals surface area contributed by atoms with E-state index in [2.05, 4.69) is 156 Å². The van der Waals surface area contributed by atoms with E-state index in [0.29, 0.717) is 0 Å². The minimum absolute atomic E-state index is 1.18. The van der Waals surface area contributed by atoms with Gasteiger partial charge in [-0.25, -0.2) is 0 Å². The second-order valence-electron chi connectivity index (χ2n) is 10.8. The van der Waals surface area contributed by atoms with Crippen LogP contribution in [0.25, 0.3) is 66.1 Å². The Kier molecular flexibility index (Phi) is 4.99. The molecule has 0 N–H and O–H groups in total. The second-order valence-corrected chi connectivity index (χ2v) is 10.8. The number of hydrogen-bond donors (Lipinski definition) is 0. The van der Waals surface area contributed by atoms with Crippen molar-refractivity contribution < 1.29 is 0 Å². The molecule has 2 heterocycles. The lowest BCUT2D eigenvalue weighted by Crippen LogP contribution is -1.94. The number of nitrogens with zero attached hydrogens (tertiary/aromatic N) is 2. The Balaban J connectivity index is 1.40. The predicted octanol–water partition coefficient (Wildman–Crippen LogP) is 10.2. The summed E-state index contributed by atoms with van der Waals surface area (Å²) in [6, 6.07) is 48.8. The highest BCUT2D eigenvalue weighted by molar-refractivity contribution is 6.12. The molecule has 0 fully saturated rings. The maximum absolute atomic E-state index is 2.41. The van der Waals surface area contributed by atoms with Crippen molar-refractivity contribution in [3.8, 4) is 22.5 Å². The van der Waals surface area contributed by atoms with Gasteiger partial charge in [0.2, 0.25) is 0 Å². The molecule has 8 rings (SSSR count). The van der Waals surface area contributed by atoms with E-state index in [-0.39, 0.29) is 0 Å². The third-order valence-electron chi connectivity index (χ3n) is 8.20. The van der Waals surface area contributed by atoms with Gasteiger partial charge in [0.15, 0.2) is 0 Å². The molecule has 0 aliphatic heterocycles. The van der Waals surface area contributed by atoms with Crippen LogP contribution in [0.15, 0.2) is 133 Å². The van der Waals surface area contributed by atoms with Gasteiger partial charge in [-0.05, 0) is 85.1 Å². The van der Waals surface area contributed by atoms with Gasteiger partial charge in [-0.1, -0.05) is 84.4 Å². The number of hydrogen-bond acceptors (Lipinski definition) is 0. The molecular formula is C38H28N2. The standard InChI is InChI=1S/C38H28N2/c1-25-9-8-12-30(21-25)40-35-14-7-6-13-31(35)32-18-16-27(23-37(32)40)28-17-19-33-34-22-26(2)15-20-36(34)39(38(33)24-28)29-10-4-3-5-11-29/h3-24H,1-2H3. The van der Waals surface area contributed by atoms with E-state index in [4.69, 9.17) is 0 Å². The lowest BCUT2D eigenvalue weighted by atomic mass is 10.0. The zero-order chi connectivity index (χ0) is 26.8. The molecule has 40 heavy (non-hydrogen) atoms. The van der Waals surface area contributed by atoms with Crippen molar-refractivity contribution in [1.29, 1.82) is 0 Å². The summed E-state index contributed by atoms with van der Waals surface area (Å²) in [7, 11) is 0. The van der Waals surface area contributed by atoms with Gasteiger partial charge in [-0.2, -0.15) is 0 Å². The van der Waals surface area contributed by atoms with Crippen LogP contribution in [0.4, 0.5) is 0 Å². The molecule has 0 unspecified atom stereocenters. The summed E-state index contributed by atoms with van der Waals surface area (Å²) in [5.74, 6) is 0. The van der Waals surface area contributed by atoms with Crippen molar-refractivity contribution in [2.45, 2.75) is 13.8 Å². The highest BCUT2D eigenvalue weighted by atomic mass is 15.0. The predicted molar refractivity (Wildman–Crippen MR) is 170 cm³/mol. The maximum atomic E-state index is 2.41. The van der Waals surface area contributed by atoms with Crippen molar-refractivity contribution >= 4 is 43.6 Å². The molecule has 6 aromatic carbocycles. The van der Waals surface area contributed by atoms with Gasteiger partial charge >= 0.3 is 0 Å². The summed E-state index contributed by atoms with van der Waals surface area (Å²) in [5.41, 5.74) is 12.3. The fourth-order valence-corrected chi connectivity index (χ4v) is 6.36. The summed E-state index contributed by atoms with van der Waals surface area (Å²) in [6.45, 7) is 4.33. The van der Waals surface area contributed by atoms with Crippen LogP contribution in [0.3, 0.4) is 0 Å². The Morgan fingerprint density at radius 3 is 1.68 bits per heavy atom. The zero-order valence-electron chi connectivity index (χ0n) is 22.6. The van der Waals surface area contributed by atoms with Gasteiger partial charge in [0.05, 0.1) is 22.1 Å². The van der Waals surface area contributed by atoms with Gasteiger partial charge in [0.25, 0.3) is 0 Å². The quantitative estimate of drug-likeness (QED) is 0.223. The van der Waals surface area contributed by atoms with E-state index in [1.54, 1.807) is 0 Å². The monoisotopic (exact) mass is 512 g/mol. The Hall–Kier alpha value is -5.08. The molecular weight excluding hydrogens is 484 g/mol. The number of aryl methyl sites for hydroxylation is 2. The van der Waals surface area contributed by atoms with Gasteiger partial charge in [0, 0.05) is 32.9 Å².